The Bertz CT molecular complexity index is 677. The smallest absolute Gasteiger partial charge is 0.229 e. The highest BCUT2D eigenvalue weighted by Crippen LogP contribution is 2.24. The molecule has 1 fully saturated rings. The highest BCUT2D eigenvalue weighted by molar-refractivity contribution is 5.63. The predicted molar refractivity (Wildman–Crippen MR) is 100 cm³/mol. The fourth-order valence-corrected chi connectivity index (χ4v) is 3.19. The highest BCUT2D eigenvalue weighted by Gasteiger charge is 2.17. The Kier molecular flexibility index (Phi) is 5.30. The van der Waals surface area contributed by atoms with Crippen LogP contribution in [-0.2, 0) is 6.42 Å². The minimum Gasteiger partial charge on any atom is -0.354 e. The lowest BCUT2D eigenvalue weighted by molar-refractivity contribution is 0.270. The van der Waals surface area contributed by atoms with Crippen molar-refractivity contribution in [2.45, 2.75) is 27.2 Å². The van der Waals surface area contributed by atoms with Gasteiger partial charge in [0, 0.05) is 38.1 Å². The molecule has 1 aliphatic heterocycles. The van der Waals surface area contributed by atoms with E-state index < -0.39 is 0 Å². The zero-order valence-corrected chi connectivity index (χ0v) is 14.9. The van der Waals surface area contributed by atoms with Crippen molar-refractivity contribution < 1.29 is 0 Å². The quantitative estimate of drug-likeness (QED) is 0.914. The van der Waals surface area contributed by atoms with E-state index in [1.54, 1.807) is 0 Å². The van der Waals surface area contributed by atoms with Crippen LogP contribution in [0.1, 0.15) is 25.0 Å². The van der Waals surface area contributed by atoms with Crippen LogP contribution in [0.25, 0.3) is 0 Å². The number of piperazine rings is 1. The summed E-state index contributed by atoms with van der Waals surface area (Å²) < 4.78 is 0. The summed E-state index contributed by atoms with van der Waals surface area (Å²) in [6.07, 6.45) is 2.84. The van der Waals surface area contributed by atoms with Crippen molar-refractivity contribution in [1.82, 2.24) is 14.9 Å². The lowest BCUT2D eigenvalue weighted by atomic mass is 10.1. The van der Waals surface area contributed by atoms with Crippen molar-refractivity contribution in [3.63, 3.8) is 0 Å². The number of hydrogen-bond donors (Lipinski definition) is 1. The average molecular weight is 325 g/mol. The van der Waals surface area contributed by atoms with Crippen LogP contribution in [0.3, 0.4) is 0 Å². The first-order valence-corrected chi connectivity index (χ1v) is 8.87. The van der Waals surface area contributed by atoms with Gasteiger partial charge in [-0.3, -0.25) is 0 Å². The second-order valence-corrected chi connectivity index (χ2v) is 6.25. The molecule has 0 amide bonds. The molecule has 5 heteroatoms. The van der Waals surface area contributed by atoms with Crippen molar-refractivity contribution in [3.05, 3.63) is 41.6 Å². The standard InChI is InChI=1S/C19H27N5/c1-4-16-8-6-7-15(3)18(16)22-19-20-10-9-17(21-19)24-13-11-23(5-2)12-14-24/h6-10H,4-5,11-14H2,1-3H3,(H,20,21,22). The van der Waals surface area contributed by atoms with Crippen molar-refractivity contribution in [1.29, 1.82) is 0 Å². The van der Waals surface area contributed by atoms with Crippen LogP contribution in [-0.4, -0.2) is 47.6 Å². The normalized spacial score (nSPS) is 15.5. The molecule has 1 saturated heterocycles. The van der Waals surface area contributed by atoms with E-state index in [2.05, 4.69) is 59.1 Å². The number of nitrogens with zero attached hydrogens (tertiary/aromatic N) is 4. The van der Waals surface area contributed by atoms with E-state index in [0.29, 0.717) is 5.95 Å². The largest absolute Gasteiger partial charge is 0.354 e. The summed E-state index contributed by atoms with van der Waals surface area (Å²) in [5, 5.41) is 3.43. The van der Waals surface area contributed by atoms with Crippen LogP contribution in [0, 0.1) is 6.92 Å². The lowest BCUT2D eigenvalue weighted by Crippen LogP contribution is -2.46. The molecule has 0 aliphatic carbocycles. The molecule has 0 atom stereocenters. The Morgan fingerprint density at radius 3 is 2.58 bits per heavy atom. The summed E-state index contributed by atoms with van der Waals surface area (Å²) in [5.41, 5.74) is 3.65. The van der Waals surface area contributed by atoms with Crippen LogP contribution in [0.5, 0.6) is 0 Å². The van der Waals surface area contributed by atoms with Gasteiger partial charge in [0.2, 0.25) is 5.95 Å². The fraction of sp³-hybridized carbons (Fsp3) is 0.474. The van der Waals surface area contributed by atoms with Crippen molar-refractivity contribution in [3.8, 4) is 0 Å². The minimum atomic E-state index is 0.675. The highest BCUT2D eigenvalue weighted by atomic mass is 15.3. The number of aryl methyl sites for hydroxylation is 2. The van der Waals surface area contributed by atoms with E-state index in [9.17, 15) is 0 Å². The molecule has 1 N–H and O–H groups in total. The van der Waals surface area contributed by atoms with Crippen LogP contribution in [0.4, 0.5) is 17.5 Å². The molecule has 0 unspecified atom stereocenters. The third-order valence-corrected chi connectivity index (χ3v) is 4.76. The Morgan fingerprint density at radius 1 is 1.08 bits per heavy atom. The Hall–Kier alpha value is -2.14. The molecule has 2 heterocycles. The SMILES string of the molecule is CCc1cccc(C)c1Nc1nccc(N2CCN(CC)CC2)n1. The Morgan fingerprint density at radius 2 is 1.88 bits per heavy atom. The minimum absolute atomic E-state index is 0.675. The number of para-hydroxylation sites is 1. The molecule has 24 heavy (non-hydrogen) atoms. The molecule has 3 rings (SSSR count). The number of anilines is 3. The molecule has 0 saturated carbocycles. The first-order chi connectivity index (χ1) is 11.7. The van der Waals surface area contributed by atoms with E-state index in [0.717, 1.165) is 50.6 Å². The van der Waals surface area contributed by atoms with Gasteiger partial charge in [0.15, 0.2) is 0 Å². The predicted octanol–water partition coefficient (Wildman–Crippen LogP) is 3.23. The summed E-state index contributed by atoms with van der Waals surface area (Å²) in [5.74, 6) is 1.68. The maximum absolute atomic E-state index is 4.74. The summed E-state index contributed by atoms with van der Waals surface area (Å²) in [6, 6.07) is 8.38. The van der Waals surface area contributed by atoms with Gasteiger partial charge < -0.3 is 15.1 Å². The number of aromatic nitrogens is 2. The molecular formula is C19H27N5. The zero-order valence-electron chi connectivity index (χ0n) is 14.9. The van der Waals surface area contributed by atoms with Gasteiger partial charge in [0.05, 0.1) is 0 Å². The molecule has 0 bridgehead atoms. The third-order valence-electron chi connectivity index (χ3n) is 4.76. The Balaban J connectivity index is 1.77. The maximum atomic E-state index is 4.74. The van der Waals surface area contributed by atoms with Gasteiger partial charge in [-0.2, -0.15) is 4.98 Å². The lowest BCUT2D eigenvalue weighted by Gasteiger charge is -2.34. The van der Waals surface area contributed by atoms with Crippen LogP contribution >= 0.6 is 0 Å². The molecule has 0 spiro atoms. The number of hydrogen-bond acceptors (Lipinski definition) is 5. The molecule has 1 aromatic heterocycles. The van der Waals surface area contributed by atoms with Gasteiger partial charge >= 0.3 is 0 Å². The second kappa shape index (κ2) is 7.62. The summed E-state index contributed by atoms with van der Waals surface area (Å²) in [6.45, 7) is 11.9. The van der Waals surface area contributed by atoms with E-state index in [-0.39, 0.29) is 0 Å². The summed E-state index contributed by atoms with van der Waals surface area (Å²) >= 11 is 0. The third kappa shape index (κ3) is 3.67. The molecule has 2 aromatic rings. The van der Waals surface area contributed by atoms with Crippen LogP contribution < -0.4 is 10.2 Å². The Labute approximate surface area is 144 Å². The summed E-state index contributed by atoms with van der Waals surface area (Å²) in [4.78, 5) is 14.0. The molecule has 5 nitrogen and oxygen atoms in total. The topological polar surface area (TPSA) is 44.3 Å². The first-order valence-electron chi connectivity index (χ1n) is 8.87. The number of rotatable bonds is 5. The van der Waals surface area contributed by atoms with Gasteiger partial charge in [0.1, 0.15) is 5.82 Å². The fourth-order valence-electron chi connectivity index (χ4n) is 3.19. The van der Waals surface area contributed by atoms with Gasteiger partial charge in [-0.25, -0.2) is 4.98 Å². The second-order valence-electron chi connectivity index (χ2n) is 6.25. The molecule has 1 aliphatic rings. The average Bonchev–Trinajstić information content (AvgIpc) is 2.64. The summed E-state index contributed by atoms with van der Waals surface area (Å²) in [7, 11) is 0. The van der Waals surface area contributed by atoms with E-state index in [1.165, 1.54) is 11.1 Å². The molecule has 0 radical (unpaired) electrons. The zero-order chi connectivity index (χ0) is 16.9. The van der Waals surface area contributed by atoms with E-state index >= 15 is 0 Å². The molecule has 128 valence electrons. The number of benzene rings is 1. The van der Waals surface area contributed by atoms with Crippen molar-refractivity contribution in [2.75, 3.05) is 42.9 Å². The van der Waals surface area contributed by atoms with Crippen LogP contribution in [0.2, 0.25) is 0 Å². The number of nitrogens with one attached hydrogen (secondary N) is 1. The van der Waals surface area contributed by atoms with Gasteiger partial charge in [-0.15, -0.1) is 0 Å². The number of likely N-dealkylation sites (N-methyl/N-ethyl adjacent to an activating group) is 1. The molecular weight excluding hydrogens is 298 g/mol. The van der Waals surface area contributed by atoms with Gasteiger partial charge in [-0.1, -0.05) is 32.0 Å². The van der Waals surface area contributed by atoms with Crippen molar-refractivity contribution >= 4 is 17.5 Å². The van der Waals surface area contributed by atoms with Crippen molar-refractivity contribution in [2.24, 2.45) is 0 Å². The first kappa shape index (κ1) is 16.7. The molecule has 1 aromatic carbocycles. The maximum Gasteiger partial charge on any atom is 0.229 e. The van der Waals surface area contributed by atoms with Crippen LogP contribution in [0.15, 0.2) is 30.5 Å². The van der Waals surface area contributed by atoms with E-state index in [1.807, 2.05) is 12.3 Å². The van der Waals surface area contributed by atoms with Gasteiger partial charge in [0.25, 0.3) is 0 Å². The van der Waals surface area contributed by atoms with E-state index in [4.69, 9.17) is 4.98 Å². The monoisotopic (exact) mass is 325 g/mol. The van der Waals surface area contributed by atoms with Gasteiger partial charge in [-0.05, 0) is 37.1 Å².